The van der Waals surface area contributed by atoms with Gasteiger partial charge in [-0.25, -0.2) is 4.98 Å². The van der Waals surface area contributed by atoms with Gasteiger partial charge in [-0.05, 0) is 68.7 Å². The van der Waals surface area contributed by atoms with Crippen LogP contribution in [0.25, 0.3) is 10.2 Å². The summed E-state index contributed by atoms with van der Waals surface area (Å²) in [6, 6.07) is 6.07. The van der Waals surface area contributed by atoms with Crippen LogP contribution in [0.3, 0.4) is 0 Å². The van der Waals surface area contributed by atoms with Crippen molar-refractivity contribution in [3.63, 3.8) is 0 Å². The second kappa shape index (κ2) is 7.51. The molecule has 3 aromatic rings. The minimum atomic E-state index is -0.182. The Morgan fingerprint density at radius 1 is 1.25 bits per heavy atom. The molecule has 4 rings (SSSR count). The molecule has 2 heterocycles. The number of rotatable bonds is 4. The summed E-state index contributed by atoms with van der Waals surface area (Å²) >= 11 is 1.63. The minimum Gasteiger partial charge on any atom is -0.348 e. The first-order valence-electron chi connectivity index (χ1n) is 9.80. The van der Waals surface area contributed by atoms with Crippen LogP contribution in [-0.4, -0.2) is 15.5 Å². The molecular formula is C22H25N3O2S. The molecule has 0 spiro atoms. The van der Waals surface area contributed by atoms with Gasteiger partial charge in [-0.1, -0.05) is 18.2 Å². The molecule has 1 N–H and O–H groups in total. The summed E-state index contributed by atoms with van der Waals surface area (Å²) in [7, 11) is 0. The number of hydrogen-bond acceptors (Lipinski definition) is 4. The highest BCUT2D eigenvalue weighted by atomic mass is 32.1. The highest BCUT2D eigenvalue weighted by molar-refractivity contribution is 7.18. The smallest absolute Gasteiger partial charge is 0.262 e. The van der Waals surface area contributed by atoms with Gasteiger partial charge in [0.05, 0.1) is 17.8 Å². The van der Waals surface area contributed by atoms with E-state index in [2.05, 4.69) is 36.3 Å². The molecular weight excluding hydrogens is 370 g/mol. The SMILES string of the molecule is Cc1ccc([C@@H](C)NC(=O)Cn2cnc3sc4c(c3c2=O)CCCC4)cc1C. The van der Waals surface area contributed by atoms with Crippen molar-refractivity contribution in [2.45, 2.75) is 59.0 Å². The summed E-state index contributed by atoms with van der Waals surface area (Å²) < 4.78 is 1.44. The largest absolute Gasteiger partial charge is 0.348 e. The summed E-state index contributed by atoms with van der Waals surface area (Å²) in [6.45, 7) is 6.08. The molecule has 2 aromatic heterocycles. The normalized spacial score (nSPS) is 14.7. The molecule has 1 aliphatic carbocycles. The van der Waals surface area contributed by atoms with E-state index in [1.165, 1.54) is 33.3 Å². The number of fused-ring (bicyclic) bond motifs is 3. The van der Waals surface area contributed by atoms with Gasteiger partial charge in [-0.3, -0.25) is 14.2 Å². The fraction of sp³-hybridized carbons (Fsp3) is 0.409. The highest BCUT2D eigenvalue weighted by Crippen LogP contribution is 2.33. The van der Waals surface area contributed by atoms with Crippen LogP contribution in [-0.2, 0) is 24.2 Å². The van der Waals surface area contributed by atoms with Crippen LogP contribution in [0.4, 0.5) is 0 Å². The maximum atomic E-state index is 13.0. The molecule has 5 nitrogen and oxygen atoms in total. The Balaban J connectivity index is 1.54. The van der Waals surface area contributed by atoms with E-state index in [4.69, 9.17) is 0 Å². The lowest BCUT2D eigenvalue weighted by Crippen LogP contribution is -2.34. The van der Waals surface area contributed by atoms with E-state index in [9.17, 15) is 9.59 Å². The van der Waals surface area contributed by atoms with Gasteiger partial charge in [0.25, 0.3) is 5.56 Å². The molecule has 6 heteroatoms. The lowest BCUT2D eigenvalue weighted by atomic mass is 9.97. The molecule has 1 atom stereocenters. The van der Waals surface area contributed by atoms with Crippen LogP contribution >= 0.6 is 11.3 Å². The van der Waals surface area contributed by atoms with Crippen molar-refractivity contribution >= 4 is 27.5 Å². The topological polar surface area (TPSA) is 64.0 Å². The molecule has 0 aliphatic heterocycles. The van der Waals surface area contributed by atoms with Crippen LogP contribution < -0.4 is 10.9 Å². The van der Waals surface area contributed by atoms with Gasteiger partial charge in [0.15, 0.2) is 0 Å². The van der Waals surface area contributed by atoms with Crippen LogP contribution in [0.15, 0.2) is 29.3 Å². The van der Waals surface area contributed by atoms with Crippen molar-refractivity contribution in [1.82, 2.24) is 14.9 Å². The third-order valence-electron chi connectivity index (χ3n) is 5.66. The van der Waals surface area contributed by atoms with Crippen LogP contribution in [0, 0.1) is 13.8 Å². The zero-order valence-electron chi connectivity index (χ0n) is 16.5. The summed E-state index contributed by atoms with van der Waals surface area (Å²) in [4.78, 5) is 32.1. The maximum Gasteiger partial charge on any atom is 0.262 e. The summed E-state index contributed by atoms with van der Waals surface area (Å²) in [5.74, 6) is -0.182. The molecule has 146 valence electrons. The Hall–Kier alpha value is -2.47. The van der Waals surface area contributed by atoms with E-state index in [1.54, 1.807) is 11.3 Å². The third-order valence-corrected chi connectivity index (χ3v) is 6.86. The van der Waals surface area contributed by atoms with Crippen molar-refractivity contribution in [2.24, 2.45) is 0 Å². The number of nitrogens with zero attached hydrogens (tertiary/aromatic N) is 2. The number of nitrogens with one attached hydrogen (secondary N) is 1. The first-order chi connectivity index (χ1) is 13.4. The molecule has 28 heavy (non-hydrogen) atoms. The second-order valence-electron chi connectivity index (χ2n) is 7.70. The molecule has 0 radical (unpaired) electrons. The van der Waals surface area contributed by atoms with E-state index in [0.717, 1.165) is 40.6 Å². The molecule has 1 amide bonds. The van der Waals surface area contributed by atoms with Crippen molar-refractivity contribution in [3.8, 4) is 0 Å². The van der Waals surface area contributed by atoms with Crippen molar-refractivity contribution < 1.29 is 4.79 Å². The molecule has 0 unspecified atom stereocenters. The zero-order chi connectivity index (χ0) is 19.8. The summed E-state index contributed by atoms with van der Waals surface area (Å²) in [5, 5.41) is 3.72. The standard InChI is InChI=1S/C22H25N3O2S/c1-13-8-9-16(10-14(13)2)15(3)24-19(26)11-25-12-23-21-20(22(25)27)17-6-4-5-7-18(17)28-21/h8-10,12,15H,4-7,11H2,1-3H3,(H,24,26)/t15-/m1/s1. The average molecular weight is 396 g/mol. The zero-order valence-corrected chi connectivity index (χ0v) is 17.4. The monoisotopic (exact) mass is 395 g/mol. The molecule has 0 saturated heterocycles. The van der Waals surface area contributed by atoms with Crippen molar-refractivity contribution in [1.29, 1.82) is 0 Å². The fourth-order valence-corrected chi connectivity index (χ4v) is 5.07. The molecule has 0 bridgehead atoms. The Morgan fingerprint density at radius 2 is 2.04 bits per heavy atom. The lowest BCUT2D eigenvalue weighted by Gasteiger charge is -2.16. The molecule has 1 aromatic carbocycles. The van der Waals surface area contributed by atoms with E-state index in [1.807, 2.05) is 13.0 Å². The van der Waals surface area contributed by atoms with Crippen LogP contribution in [0.5, 0.6) is 0 Å². The Bertz CT molecular complexity index is 1110. The number of carbonyl (C=O) groups excluding carboxylic acids is 1. The number of amides is 1. The lowest BCUT2D eigenvalue weighted by molar-refractivity contribution is -0.122. The van der Waals surface area contributed by atoms with Gasteiger partial charge in [-0.2, -0.15) is 0 Å². The third kappa shape index (κ3) is 3.49. The first-order valence-corrected chi connectivity index (χ1v) is 10.6. The van der Waals surface area contributed by atoms with Crippen molar-refractivity contribution in [3.05, 3.63) is 62.0 Å². The molecule has 0 saturated carbocycles. The molecule has 0 fully saturated rings. The number of aryl methyl sites for hydroxylation is 4. The van der Waals surface area contributed by atoms with Gasteiger partial charge in [0.1, 0.15) is 11.4 Å². The van der Waals surface area contributed by atoms with Gasteiger partial charge < -0.3 is 5.32 Å². The van der Waals surface area contributed by atoms with E-state index in [-0.39, 0.29) is 24.1 Å². The van der Waals surface area contributed by atoms with Crippen LogP contribution in [0.2, 0.25) is 0 Å². The van der Waals surface area contributed by atoms with Gasteiger partial charge in [0, 0.05) is 4.88 Å². The Labute approximate surface area is 168 Å². The summed E-state index contributed by atoms with van der Waals surface area (Å²) in [6.07, 6.45) is 5.76. The minimum absolute atomic E-state index is 0.0123. The Morgan fingerprint density at radius 3 is 2.82 bits per heavy atom. The highest BCUT2D eigenvalue weighted by Gasteiger charge is 2.20. The Kier molecular flexibility index (Phi) is 5.06. The predicted octanol–water partition coefficient (Wildman–Crippen LogP) is 3.83. The maximum absolute atomic E-state index is 13.0. The van der Waals surface area contributed by atoms with E-state index >= 15 is 0 Å². The van der Waals surface area contributed by atoms with E-state index < -0.39 is 0 Å². The number of thiophene rings is 1. The predicted molar refractivity (Wildman–Crippen MR) is 113 cm³/mol. The van der Waals surface area contributed by atoms with Gasteiger partial charge >= 0.3 is 0 Å². The number of aromatic nitrogens is 2. The number of hydrogen-bond donors (Lipinski definition) is 1. The van der Waals surface area contributed by atoms with Gasteiger partial charge in [-0.15, -0.1) is 11.3 Å². The van der Waals surface area contributed by atoms with E-state index in [0.29, 0.717) is 0 Å². The van der Waals surface area contributed by atoms with Gasteiger partial charge in [0.2, 0.25) is 5.91 Å². The van der Waals surface area contributed by atoms with Crippen LogP contribution in [0.1, 0.15) is 52.9 Å². The number of carbonyl (C=O) groups is 1. The summed E-state index contributed by atoms with van der Waals surface area (Å²) in [5.41, 5.74) is 4.55. The quantitative estimate of drug-likeness (QED) is 0.730. The fourth-order valence-electron chi connectivity index (χ4n) is 3.85. The second-order valence-corrected chi connectivity index (χ2v) is 8.79. The van der Waals surface area contributed by atoms with Crippen molar-refractivity contribution in [2.75, 3.05) is 0 Å². The average Bonchev–Trinajstić information content (AvgIpc) is 3.05. The first kappa shape index (κ1) is 18.9. The molecule has 1 aliphatic rings. The number of benzene rings is 1.